The summed E-state index contributed by atoms with van der Waals surface area (Å²) in [5, 5.41) is 0. The van der Waals surface area contributed by atoms with Crippen molar-refractivity contribution < 1.29 is 44.3 Å². The normalized spacial score (nSPS) is 37.6. The molecular formula is C25H34O10S2. The van der Waals surface area contributed by atoms with Crippen molar-refractivity contribution in [3.63, 3.8) is 0 Å². The van der Waals surface area contributed by atoms with E-state index in [9.17, 15) is 31.2 Å². The van der Waals surface area contributed by atoms with Gasteiger partial charge in [0, 0.05) is 35.7 Å². The molecule has 0 aromatic carbocycles. The number of rotatable bonds is 6. The van der Waals surface area contributed by atoms with Crippen molar-refractivity contribution >= 4 is 37.8 Å². The van der Waals surface area contributed by atoms with Crippen LogP contribution in [-0.2, 0) is 47.7 Å². The first-order chi connectivity index (χ1) is 16.8. The minimum atomic E-state index is -4.14. The molecule has 6 atom stereocenters. The van der Waals surface area contributed by atoms with E-state index in [1.54, 1.807) is 0 Å². The summed E-state index contributed by atoms with van der Waals surface area (Å²) in [6.07, 6.45) is 5.41. The zero-order chi connectivity index (χ0) is 27.8. The van der Waals surface area contributed by atoms with Crippen molar-refractivity contribution in [1.29, 1.82) is 0 Å². The maximum atomic E-state index is 13.0. The van der Waals surface area contributed by atoms with E-state index in [1.165, 1.54) is 19.9 Å². The standard InChI is InChI=1S/C25H34O10S2/c1-14(26)25(33-15(2)27)12-9-18-20-17(8-11-24(18,25)4)23(3)10-7-16(28)13-19(23)21(34-36(5,29)30)22(20)35-37(6,31)32/h13,17-18,20H,7-12H2,1-6H3/t17-,18-,20+,23+,24-,25-/m0/s1. The van der Waals surface area contributed by atoms with E-state index >= 15 is 0 Å². The number of carbonyl (C=O) groups is 3. The van der Waals surface area contributed by atoms with E-state index in [0.29, 0.717) is 31.3 Å². The molecule has 4 aliphatic carbocycles. The topological polar surface area (TPSA) is 147 Å². The molecule has 0 heterocycles. The molecule has 206 valence electrons. The molecule has 0 amide bonds. The Hall–Kier alpha value is -2.21. The molecule has 0 aromatic heterocycles. The van der Waals surface area contributed by atoms with Crippen molar-refractivity contribution in [2.75, 3.05) is 12.5 Å². The Morgan fingerprint density at radius 3 is 2.05 bits per heavy atom. The van der Waals surface area contributed by atoms with Gasteiger partial charge in [0.1, 0.15) is 0 Å². The Balaban J connectivity index is 2.01. The highest BCUT2D eigenvalue weighted by Gasteiger charge is 2.70. The Kier molecular flexibility index (Phi) is 6.51. The smallest absolute Gasteiger partial charge is 0.306 e. The monoisotopic (exact) mass is 558 g/mol. The lowest BCUT2D eigenvalue weighted by Gasteiger charge is -2.58. The molecule has 0 bridgehead atoms. The fraction of sp³-hybridized carbons (Fsp3) is 0.720. The average molecular weight is 559 g/mol. The van der Waals surface area contributed by atoms with Crippen LogP contribution < -0.4 is 0 Å². The summed E-state index contributed by atoms with van der Waals surface area (Å²) in [6.45, 7) is 6.45. The molecule has 0 spiro atoms. The van der Waals surface area contributed by atoms with Gasteiger partial charge in [-0.15, -0.1) is 0 Å². The Morgan fingerprint density at radius 1 is 0.919 bits per heavy atom. The van der Waals surface area contributed by atoms with E-state index < -0.39 is 48.6 Å². The lowest BCUT2D eigenvalue weighted by atomic mass is 9.47. The van der Waals surface area contributed by atoms with Crippen molar-refractivity contribution in [2.45, 2.75) is 71.8 Å². The number of ketones is 2. The predicted octanol–water partition coefficient (Wildman–Crippen LogP) is 2.79. The average Bonchev–Trinajstić information content (AvgIpc) is 3.02. The maximum Gasteiger partial charge on any atom is 0.306 e. The van der Waals surface area contributed by atoms with Gasteiger partial charge in [-0.1, -0.05) is 13.8 Å². The number of fused-ring (bicyclic) bond motifs is 5. The third-order valence-corrected chi connectivity index (χ3v) is 10.1. The van der Waals surface area contributed by atoms with Gasteiger partial charge in [-0.05, 0) is 56.9 Å². The van der Waals surface area contributed by atoms with E-state index in [0.717, 1.165) is 12.5 Å². The number of ether oxygens (including phenoxy) is 1. The van der Waals surface area contributed by atoms with Crippen LogP contribution >= 0.6 is 0 Å². The molecule has 4 rings (SSSR count). The first-order valence-electron chi connectivity index (χ1n) is 12.3. The van der Waals surface area contributed by atoms with Crippen LogP contribution in [0.4, 0.5) is 0 Å². The molecular weight excluding hydrogens is 524 g/mol. The van der Waals surface area contributed by atoms with Crippen molar-refractivity contribution in [3.8, 4) is 0 Å². The number of esters is 1. The van der Waals surface area contributed by atoms with Gasteiger partial charge in [-0.25, -0.2) is 0 Å². The highest BCUT2D eigenvalue weighted by Crippen LogP contribution is 2.69. The van der Waals surface area contributed by atoms with Crippen LogP contribution in [0.1, 0.15) is 66.2 Å². The lowest BCUT2D eigenvalue weighted by molar-refractivity contribution is -0.186. The summed E-state index contributed by atoms with van der Waals surface area (Å²) in [4.78, 5) is 37.6. The van der Waals surface area contributed by atoms with Crippen LogP contribution in [0.15, 0.2) is 23.2 Å². The number of allylic oxidation sites excluding steroid dienone is 3. The summed E-state index contributed by atoms with van der Waals surface area (Å²) >= 11 is 0. The quantitative estimate of drug-likeness (QED) is 0.352. The SMILES string of the molecule is CC(=O)O[C@]1(C(C)=O)CC[C@H]2[C@@H]3C(OS(C)(=O)=O)=C(OS(C)(=O)=O)C4=CC(=O)CC[C@]4(C)[C@H]3CC[C@@]21C. The molecule has 2 saturated carbocycles. The van der Waals surface area contributed by atoms with Crippen molar-refractivity contribution in [3.05, 3.63) is 23.2 Å². The molecule has 2 fully saturated rings. The van der Waals surface area contributed by atoms with Gasteiger partial charge >= 0.3 is 26.2 Å². The highest BCUT2D eigenvalue weighted by atomic mass is 32.2. The molecule has 0 aromatic rings. The van der Waals surface area contributed by atoms with Crippen LogP contribution in [0.25, 0.3) is 0 Å². The first-order valence-corrected chi connectivity index (χ1v) is 16.0. The Morgan fingerprint density at radius 2 is 1.51 bits per heavy atom. The van der Waals surface area contributed by atoms with E-state index in [4.69, 9.17) is 13.1 Å². The molecule has 0 unspecified atom stereocenters. The van der Waals surface area contributed by atoms with Gasteiger partial charge in [0.25, 0.3) is 0 Å². The van der Waals surface area contributed by atoms with Crippen LogP contribution in [0, 0.1) is 28.6 Å². The first kappa shape index (κ1) is 27.8. The van der Waals surface area contributed by atoms with Gasteiger partial charge in [0.15, 0.2) is 28.7 Å². The van der Waals surface area contributed by atoms with Gasteiger partial charge in [0.2, 0.25) is 0 Å². The molecule has 37 heavy (non-hydrogen) atoms. The lowest BCUT2D eigenvalue weighted by Crippen LogP contribution is -2.59. The minimum Gasteiger partial charge on any atom is -0.451 e. The molecule has 12 heteroatoms. The summed E-state index contributed by atoms with van der Waals surface area (Å²) in [5.41, 5.74) is -2.65. The third kappa shape index (κ3) is 4.43. The summed E-state index contributed by atoms with van der Waals surface area (Å²) in [5.74, 6) is -2.82. The van der Waals surface area contributed by atoms with Gasteiger partial charge in [-0.2, -0.15) is 16.8 Å². The fourth-order valence-electron chi connectivity index (χ4n) is 7.69. The van der Waals surface area contributed by atoms with Crippen molar-refractivity contribution in [2.24, 2.45) is 28.6 Å². The second-order valence-electron chi connectivity index (χ2n) is 11.4. The zero-order valence-corrected chi connectivity index (χ0v) is 23.6. The molecule has 10 nitrogen and oxygen atoms in total. The second-order valence-corrected chi connectivity index (χ2v) is 14.6. The third-order valence-electron chi connectivity index (χ3n) is 9.15. The number of hydrogen-bond donors (Lipinski definition) is 0. The molecule has 0 radical (unpaired) electrons. The van der Waals surface area contributed by atoms with E-state index in [1.807, 2.05) is 13.8 Å². The number of carbonyl (C=O) groups excluding carboxylic acids is 3. The maximum absolute atomic E-state index is 13.0. The molecule has 4 aliphatic rings. The van der Waals surface area contributed by atoms with E-state index in [2.05, 4.69) is 0 Å². The van der Waals surface area contributed by atoms with Gasteiger partial charge in [-0.3, -0.25) is 14.4 Å². The largest absolute Gasteiger partial charge is 0.451 e. The van der Waals surface area contributed by atoms with E-state index in [-0.39, 0.29) is 47.8 Å². The predicted molar refractivity (Wildman–Crippen MR) is 132 cm³/mol. The van der Waals surface area contributed by atoms with Crippen LogP contribution in [0.2, 0.25) is 0 Å². The number of hydrogen-bond acceptors (Lipinski definition) is 10. The van der Waals surface area contributed by atoms with Crippen molar-refractivity contribution in [1.82, 2.24) is 0 Å². The molecule has 0 saturated heterocycles. The Bertz CT molecular complexity index is 1340. The molecule has 0 aliphatic heterocycles. The summed E-state index contributed by atoms with van der Waals surface area (Å²) in [6, 6.07) is 0. The fourth-order valence-corrected chi connectivity index (χ4v) is 8.68. The zero-order valence-electron chi connectivity index (χ0n) is 22.0. The van der Waals surface area contributed by atoms with Gasteiger partial charge in [0.05, 0.1) is 12.5 Å². The second kappa shape index (κ2) is 8.65. The highest BCUT2D eigenvalue weighted by molar-refractivity contribution is 7.86. The number of Topliss-reactive ketones (excluding diaryl/α,β-unsaturated/α-hetero) is 1. The summed E-state index contributed by atoms with van der Waals surface area (Å²) in [7, 11) is -8.29. The summed E-state index contributed by atoms with van der Waals surface area (Å²) < 4.78 is 66.3. The Labute approximate surface area is 218 Å². The van der Waals surface area contributed by atoms with Crippen LogP contribution in [-0.4, -0.2) is 52.5 Å². The van der Waals surface area contributed by atoms with Crippen LogP contribution in [0.3, 0.4) is 0 Å². The van der Waals surface area contributed by atoms with Gasteiger partial charge < -0.3 is 13.1 Å². The molecule has 0 N–H and O–H groups in total. The minimum absolute atomic E-state index is 0.172. The van der Waals surface area contributed by atoms with Crippen LogP contribution in [0.5, 0.6) is 0 Å².